The fraction of sp³-hybridized carbons (Fsp3) is 0.231. The second-order valence-electron chi connectivity index (χ2n) is 3.94. The lowest BCUT2D eigenvalue weighted by molar-refractivity contribution is 0.102. The van der Waals surface area contributed by atoms with Crippen molar-refractivity contribution in [1.29, 1.82) is 0 Å². The number of ketones is 1. The Balaban J connectivity index is 2.50. The number of hydrogen-bond donors (Lipinski definition) is 0. The molecule has 0 amide bonds. The Morgan fingerprint density at radius 2 is 2.06 bits per heavy atom. The van der Waals surface area contributed by atoms with Crippen LogP contribution in [-0.4, -0.2) is 15.6 Å². The van der Waals surface area contributed by atoms with E-state index in [9.17, 15) is 13.6 Å². The van der Waals surface area contributed by atoms with Gasteiger partial charge in [-0.2, -0.15) is 5.10 Å². The van der Waals surface area contributed by atoms with E-state index in [1.807, 2.05) is 6.92 Å². The van der Waals surface area contributed by atoms with Crippen LogP contribution < -0.4 is 0 Å². The largest absolute Gasteiger partial charge is 0.287 e. The van der Waals surface area contributed by atoms with E-state index in [0.717, 1.165) is 18.2 Å². The molecule has 0 atom stereocenters. The van der Waals surface area contributed by atoms with Crippen LogP contribution in [0.2, 0.25) is 0 Å². The van der Waals surface area contributed by atoms with Crippen LogP contribution in [-0.2, 0) is 6.54 Å². The molecule has 0 spiro atoms. The van der Waals surface area contributed by atoms with Crippen molar-refractivity contribution >= 4 is 5.78 Å². The minimum Gasteiger partial charge on any atom is -0.287 e. The van der Waals surface area contributed by atoms with Gasteiger partial charge in [0, 0.05) is 6.54 Å². The Morgan fingerprint density at radius 3 is 2.72 bits per heavy atom. The molecule has 1 aromatic heterocycles. The molecule has 18 heavy (non-hydrogen) atoms. The van der Waals surface area contributed by atoms with Crippen molar-refractivity contribution in [2.75, 3.05) is 0 Å². The predicted molar refractivity (Wildman–Crippen MR) is 62.4 cm³/mol. The first-order valence-corrected chi connectivity index (χ1v) is 5.57. The summed E-state index contributed by atoms with van der Waals surface area (Å²) in [5, 5.41) is 4.11. The third-order valence-corrected chi connectivity index (χ3v) is 2.61. The zero-order valence-electron chi connectivity index (χ0n) is 10.1. The summed E-state index contributed by atoms with van der Waals surface area (Å²) in [5.41, 5.74) is 0.654. The highest BCUT2D eigenvalue weighted by Gasteiger charge is 2.19. The van der Waals surface area contributed by atoms with Crippen LogP contribution in [0.15, 0.2) is 24.3 Å². The molecular formula is C13H12F2N2O. The number of rotatable bonds is 3. The Hall–Kier alpha value is -2.04. The molecule has 0 aliphatic rings. The van der Waals surface area contributed by atoms with Crippen molar-refractivity contribution < 1.29 is 13.6 Å². The molecule has 94 valence electrons. The fourth-order valence-electron chi connectivity index (χ4n) is 1.78. The minimum atomic E-state index is -0.733. The quantitative estimate of drug-likeness (QED) is 0.785. The first-order chi connectivity index (χ1) is 8.52. The van der Waals surface area contributed by atoms with Crippen LogP contribution in [0.4, 0.5) is 8.78 Å². The van der Waals surface area contributed by atoms with E-state index in [1.54, 1.807) is 13.0 Å². The first-order valence-electron chi connectivity index (χ1n) is 5.57. The van der Waals surface area contributed by atoms with Gasteiger partial charge < -0.3 is 0 Å². The van der Waals surface area contributed by atoms with Gasteiger partial charge in [-0.25, -0.2) is 8.78 Å². The molecule has 0 aliphatic heterocycles. The number of carbonyl (C=O) groups is 1. The number of hydrogen-bond acceptors (Lipinski definition) is 2. The summed E-state index contributed by atoms with van der Waals surface area (Å²) in [6, 6.07) is 4.40. The molecule has 0 fully saturated rings. The highest BCUT2D eigenvalue weighted by atomic mass is 19.1. The van der Waals surface area contributed by atoms with Crippen LogP contribution in [0.25, 0.3) is 0 Å². The van der Waals surface area contributed by atoms with E-state index >= 15 is 0 Å². The first kappa shape index (κ1) is 12.4. The van der Waals surface area contributed by atoms with Crippen molar-refractivity contribution in [1.82, 2.24) is 9.78 Å². The van der Waals surface area contributed by atoms with Crippen LogP contribution in [0, 0.1) is 18.6 Å². The van der Waals surface area contributed by atoms with E-state index in [1.165, 1.54) is 4.68 Å². The van der Waals surface area contributed by atoms with Gasteiger partial charge in [0.2, 0.25) is 5.78 Å². The number of nitrogens with zero attached hydrogens (tertiary/aromatic N) is 2. The maximum Gasteiger partial charge on any atom is 0.214 e. The molecule has 1 heterocycles. The topological polar surface area (TPSA) is 34.9 Å². The fourth-order valence-corrected chi connectivity index (χ4v) is 1.78. The number of aryl methyl sites for hydroxylation is 2. The predicted octanol–water partition coefficient (Wildman–Crippen LogP) is 2.72. The molecule has 3 nitrogen and oxygen atoms in total. The molecule has 0 bridgehead atoms. The second kappa shape index (κ2) is 4.68. The lowest BCUT2D eigenvalue weighted by Crippen LogP contribution is -2.12. The highest BCUT2D eigenvalue weighted by molar-refractivity contribution is 6.08. The average molecular weight is 250 g/mol. The molecule has 0 saturated heterocycles. The lowest BCUT2D eigenvalue weighted by atomic mass is 10.1. The van der Waals surface area contributed by atoms with Crippen molar-refractivity contribution in [2.24, 2.45) is 0 Å². The number of aromatic nitrogens is 2. The maximum atomic E-state index is 13.5. The van der Waals surface area contributed by atoms with Gasteiger partial charge in [-0.05, 0) is 38.1 Å². The summed E-state index contributed by atoms with van der Waals surface area (Å²) in [5.74, 6) is -1.93. The van der Waals surface area contributed by atoms with Gasteiger partial charge in [0.15, 0.2) is 0 Å². The number of halogens is 2. The van der Waals surface area contributed by atoms with Gasteiger partial charge in [-0.15, -0.1) is 0 Å². The molecule has 0 N–H and O–H groups in total. The summed E-state index contributed by atoms with van der Waals surface area (Å²) in [6.07, 6.45) is 0. The molecule has 2 aromatic rings. The number of benzene rings is 1. The Bertz CT molecular complexity index is 605. The van der Waals surface area contributed by atoms with Gasteiger partial charge in [-0.3, -0.25) is 9.48 Å². The monoisotopic (exact) mass is 250 g/mol. The van der Waals surface area contributed by atoms with E-state index in [4.69, 9.17) is 0 Å². The van der Waals surface area contributed by atoms with Gasteiger partial charge in [0.25, 0.3) is 0 Å². The molecule has 0 unspecified atom stereocenters. The zero-order chi connectivity index (χ0) is 13.3. The van der Waals surface area contributed by atoms with Crippen molar-refractivity contribution in [3.8, 4) is 0 Å². The summed E-state index contributed by atoms with van der Waals surface area (Å²) in [4.78, 5) is 12.1. The van der Waals surface area contributed by atoms with E-state index in [0.29, 0.717) is 12.2 Å². The van der Waals surface area contributed by atoms with Crippen LogP contribution in [0.5, 0.6) is 0 Å². The molecule has 0 radical (unpaired) electrons. The van der Waals surface area contributed by atoms with Crippen LogP contribution >= 0.6 is 0 Å². The van der Waals surface area contributed by atoms with Crippen LogP contribution in [0.3, 0.4) is 0 Å². The van der Waals surface area contributed by atoms with Gasteiger partial charge >= 0.3 is 0 Å². The minimum absolute atomic E-state index is 0.263. The van der Waals surface area contributed by atoms with Crippen LogP contribution in [0.1, 0.15) is 28.7 Å². The van der Waals surface area contributed by atoms with Gasteiger partial charge in [0.05, 0.1) is 11.3 Å². The molecule has 0 saturated carbocycles. The van der Waals surface area contributed by atoms with Gasteiger partial charge in [0.1, 0.15) is 17.3 Å². The second-order valence-corrected chi connectivity index (χ2v) is 3.94. The Morgan fingerprint density at radius 1 is 1.33 bits per heavy atom. The number of carbonyl (C=O) groups excluding carboxylic acids is 1. The summed E-state index contributed by atoms with van der Waals surface area (Å²) in [7, 11) is 0. The average Bonchev–Trinajstić information content (AvgIpc) is 2.72. The standard InChI is InChI=1S/C13H12F2N2O/c1-3-17-12(6-8(2)16-17)13(18)10-7-9(14)4-5-11(10)15/h4-7H,3H2,1-2H3. The molecule has 5 heteroatoms. The van der Waals surface area contributed by atoms with E-state index < -0.39 is 17.4 Å². The third kappa shape index (κ3) is 2.16. The maximum absolute atomic E-state index is 13.5. The normalized spacial score (nSPS) is 10.7. The zero-order valence-corrected chi connectivity index (χ0v) is 10.1. The Kier molecular flexibility index (Phi) is 3.23. The SMILES string of the molecule is CCn1nc(C)cc1C(=O)c1cc(F)ccc1F. The Labute approximate surface area is 103 Å². The molecular weight excluding hydrogens is 238 g/mol. The molecule has 0 aliphatic carbocycles. The molecule has 1 aromatic carbocycles. The van der Waals surface area contributed by atoms with Gasteiger partial charge in [-0.1, -0.05) is 0 Å². The third-order valence-electron chi connectivity index (χ3n) is 2.61. The smallest absolute Gasteiger partial charge is 0.214 e. The highest BCUT2D eigenvalue weighted by Crippen LogP contribution is 2.16. The molecule has 2 rings (SSSR count). The van der Waals surface area contributed by atoms with Crippen molar-refractivity contribution in [2.45, 2.75) is 20.4 Å². The summed E-state index contributed by atoms with van der Waals surface area (Å²) in [6.45, 7) is 4.06. The van der Waals surface area contributed by atoms with E-state index in [-0.39, 0.29) is 11.3 Å². The summed E-state index contributed by atoms with van der Waals surface area (Å²) < 4.78 is 28.1. The van der Waals surface area contributed by atoms with Crippen molar-refractivity contribution in [3.63, 3.8) is 0 Å². The lowest BCUT2D eigenvalue weighted by Gasteiger charge is -2.05. The summed E-state index contributed by atoms with van der Waals surface area (Å²) >= 11 is 0. The van der Waals surface area contributed by atoms with Crippen molar-refractivity contribution in [3.05, 3.63) is 52.9 Å². The van der Waals surface area contributed by atoms with E-state index in [2.05, 4.69) is 5.10 Å².